The Bertz CT molecular complexity index is 1230. The van der Waals surface area contributed by atoms with Gasteiger partial charge in [-0.3, -0.25) is 19.7 Å². The molecule has 1 fully saturated rings. The number of urea groups is 1. The molecule has 4 rings (SSSR count). The van der Waals surface area contributed by atoms with Crippen molar-refractivity contribution in [2.45, 2.75) is 0 Å². The summed E-state index contributed by atoms with van der Waals surface area (Å²) in [4.78, 5) is 50.7. The highest BCUT2D eigenvalue weighted by Gasteiger charge is 2.37. The molecule has 1 N–H and O–H groups in total. The molecule has 1 aromatic heterocycles. The van der Waals surface area contributed by atoms with E-state index in [1.54, 1.807) is 48.5 Å². The number of nitrogens with zero attached hydrogens (tertiary/aromatic N) is 1. The van der Waals surface area contributed by atoms with E-state index in [2.05, 4.69) is 21.2 Å². The van der Waals surface area contributed by atoms with Gasteiger partial charge in [0, 0.05) is 4.47 Å². The summed E-state index contributed by atoms with van der Waals surface area (Å²) < 4.78 is 6.17. The maximum atomic E-state index is 12.8. The first kappa shape index (κ1) is 17.9. The van der Waals surface area contributed by atoms with Crippen molar-refractivity contribution in [3.63, 3.8) is 0 Å². The van der Waals surface area contributed by atoms with E-state index in [0.29, 0.717) is 11.0 Å². The number of benzene rings is 2. The third-order valence-corrected chi connectivity index (χ3v) is 4.72. The fourth-order valence-corrected chi connectivity index (χ4v) is 3.09. The Kier molecular flexibility index (Phi) is 4.40. The lowest BCUT2D eigenvalue weighted by molar-refractivity contribution is -0.122. The number of imide groups is 2. The van der Waals surface area contributed by atoms with Crippen molar-refractivity contribution in [3.05, 3.63) is 80.6 Å². The molecule has 3 aromatic rings. The van der Waals surface area contributed by atoms with Crippen LogP contribution in [0.4, 0.5) is 10.5 Å². The number of hydrogen-bond donors (Lipinski definition) is 1. The topological polar surface area (TPSA) is 96.7 Å². The second-order valence-corrected chi connectivity index (χ2v) is 6.87. The average Bonchev–Trinajstić information content (AvgIpc) is 2.68. The summed E-state index contributed by atoms with van der Waals surface area (Å²) in [6, 6.07) is 12.2. The predicted molar refractivity (Wildman–Crippen MR) is 106 cm³/mol. The van der Waals surface area contributed by atoms with Crippen LogP contribution in [0.1, 0.15) is 5.56 Å². The number of carbonyl (C=O) groups is 3. The summed E-state index contributed by atoms with van der Waals surface area (Å²) >= 11 is 3.28. The van der Waals surface area contributed by atoms with Crippen LogP contribution < -0.4 is 15.6 Å². The first-order valence-corrected chi connectivity index (χ1v) is 8.92. The van der Waals surface area contributed by atoms with E-state index >= 15 is 0 Å². The Balaban J connectivity index is 1.80. The number of hydrogen-bond acceptors (Lipinski definition) is 5. The highest BCUT2D eigenvalue weighted by molar-refractivity contribution is 9.10. The summed E-state index contributed by atoms with van der Waals surface area (Å²) in [5.41, 5.74) is -0.0233. The number of halogens is 1. The molecule has 8 heteroatoms. The summed E-state index contributed by atoms with van der Waals surface area (Å²) in [6.07, 6.45) is 2.31. The van der Waals surface area contributed by atoms with Gasteiger partial charge in [0.15, 0.2) is 5.43 Å². The van der Waals surface area contributed by atoms with Gasteiger partial charge in [0.2, 0.25) is 0 Å². The molecular formula is C20H11BrN2O5. The standard InChI is InChI=1S/C20H11BrN2O5/c21-12-5-7-13(8-6-12)23-19(26)15(18(25)22-20(23)27)9-11-10-28-16-4-2-1-3-14(16)17(11)24/h1-10H,(H,22,25,27). The van der Waals surface area contributed by atoms with Gasteiger partial charge in [-0.05, 0) is 42.5 Å². The molecule has 1 saturated heterocycles. The number of nitrogens with one attached hydrogen (secondary N) is 1. The zero-order valence-electron chi connectivity index (χ0n) is 14.1. The number of para-hydroxylation sites is 1. The summed E-state index contributed by atoms with van der Waals surface area (Å²) in [6.45, 7) is 0. The van der Waals surface area contributed by atoms with E-state index in [0.717, 1.165) is 15.4 Å². The molecule has 1 aliphatic rings. The molecule has 0 aliphatic carbocycles. The van der Waals surface area contributed by atoms with Crippen LogP contribution in [-0.2, 0) is 9.59 Å². The molecule has 0 saturated carbocycles. The molecule has 4 amide bonds. The van der Waals surface area contributed by atoms with Crippen molar-refractivity contribution in [1.29, 1.82) is 0 Å². The van der Waals surface area contributed by atoms with E-state index in [-0.39, 0.29) is 22.3 Å². The van der Waals surface area contributed by atoms with E-state index < -0.39 is 17.8 Å². The molecular weight excluding hydrogens is 428 g/mol. The molecule has 2 heterocycles. The van der Waals surface area contributed by atoms with Crippen LogP contribution in [0.25, 0.3) is 17.0 Å². The number of fused-ring (bicyclic) bond motifs is 1. The normalized spacial score (nSPS) is 16.0. The lowest BCUT2D eigenvalue weighted by atomic mass is 10.1. The van der Waals surface area contributed by atoms with E-state index in [4.69, 9.17) is 4.42 Å². The Labute approximate surface area is 166 Å². The summed E-state index contributed by atoms with van der Waals surface area (Å²) in [7, 11) is 0. The Hall–Kier alpha value is -3.52. The molecule has 0 radical (unpaired) electrons. The largest absolute Gasteiger partial charge is 0.463 e. The maximum absolute atomic E-state index is 12.8. The summed E-state index contributed by atoms with van der Waals surface area (Å²) in [5, 5.41) is 2.44. The van der Waals surface area contributed by atoms with Crippen molar-refractivity contribution < 1.29 is 18.8 Å². The van der Waals surface area contributed by atoms with E-state index in [1.807, 2.05) is 0 Å². The van der Waals surface area contributed by atoms with Crippen LogP contribution >= 0.6 is 15.9 Å². The van der Waals surface area contributed by atoms with Crippen LogP contribution in [0.5, 0.6) is 0 Å². The second-order valence-electron chi connectivity index (χ2n) is 5.95. The first-order chi connectivity index (χ1) is 13.5. The molecule has 1 aliphatic heterocycles. The average molecular weight is 439 g/mol. The molecule has 138 valence electrons. The fourth-order valence-electron chi connectivity index (χ4n) is 2.83. The van der Waals surface area contributed by atoms with Gasteiger partial charge in [0.25, 0.3) is 11.8 Å². The minimum Gasteiger partial charge on any atom is -0.463 e. The smallest absolute Gasteiger partial charge is 0.335 e. The van der Waals surface area contributed by atoms with Crippen molar-refractivity contribution in [2.75, 3.05) is 4.90 Å². The molecule has 28 heavy (non-hydrogen) atoms. The van der Waals surface area contributed by atoms with Crippen molar-refractivity contribution >= 4 is 56.5 Å². The SMILES string of the molecule is O=C1NC(=O)N(c2ccc(Br)cc2)C(=O)C1=Cc1coc2ccccc2c1=O. The third-order valence-electron chi connectivity index (χ3n) is 4.19. The maximum Gasteiger partial charge on any atom is 0.335 e. The van der Waals surface area contributed by atoms with Gasteiger partial charge in [-0.15, -0.1) is 0 Å². The molecule has 0 unspecified atom stereocenters. The van der Waals surface area contributed by atoms with Crippen molar-refractivity contribution in [2.24, 2.45) is 0 Å². The molecule has 0 bridgehead atoms. The number of barbiturate groups is 1. The molecule has 7 nitrogen and oxygen atoms in total. The Morgan fingerprint density at radius 1 is 0.964 bits per heavy atom. The van der Waals surface area contributed by atoms with Crippen LogP contribution in [0.2, 0.25) is 0 Å². The van der Waals surface area contributed by atoms with Crippen LogP contribution in [-0.4, -0.2) is 17.8 Å². The third kappa shape index (κ3) is 3.03. The molecule has 0 spiro atoms. The molecule has 2 aromatic carbocycles. The van der Waals surface area contributed by atoms with Gasteiger partial charge in [0.1, 0.15) is 17.4 Å². The van der Waals surface area contributed by atoms with E-state index in [1.165, 1.54) is 6.26 Å². The number of anilines is 1. The monoisotopic (exact) mass is 438 g/mol. The Morgan fingerprint density at radius 3 is 2.43 bits per heavy atom. The zero-order valence-corrected chi connectivity index (χ0v) is 15.7. The molecule has 0 atom stereocenters. The van der Waals surface area contributed by atoms with Crippen molar-refractivity contribution in [3.8, 4) is 0 Å². The second kappa shape index (κ2) is 6.90. The van der Waals surface area contributed by atoms with Gasteiger partial charge >= 0.3 is 6.03 Å². The van der Waals surface area contributed by atoms with Crippen LogP contribution in [0, 0.1) is 0 Å². The summed E-state index contributed by atoms with van der Waals surface area (Å²) in [5.74, 6) is -1.71. The number of rotatable bonds is 2. The minimum absolute atomic E-state index is 0.0299. The van der Waals surface area contributed by atoms with Gasteiger partial charge in [0.05, 0.1) is 16.6 Å². The van der Waals surface area contributed by atoms with E-state index in [9.17, 15) is 19.2 Å². The Morgan fingerprint density at radius 2 is 1.68 bits per heavy atom. The first-order valence-electron chi connectivity index (χ1n) is 8.13. The number of carbonyl (C=O) groups excluding carboxylic acids is 3. The highest BCUT2D eigenvalue weighted by Crippen LogP contribution is 2.23. The number of amides is 4. The van der Waals surface area contributed by atoms with Crippen molar-refractivity contribution in [1.82, 2.24) is 5.32 Å². The van der Waals surface area contributed by atoms with Crippen LogP contribution in [0.3, 0.4) is 0 Å². The van der Waals surface area contributed by atoms with Crippen LogP contribution in [0.15, 0.2) is 74.1 Å². The minimum atomic E-state index is -0.879. The fraction of sp³-hybridized carbons (Fsp3) is 0. The van der Waals surface area contributed by atoms with Gasteiger partial charge < -0.3 is 4.42 Å². The lowest BCUT2D eigenvalue weighted by Crippen LogP contribution is -2.54. The van der Waals surface area contributed by atoms with Gasteiger partial charge in [-0.25, -0.2) is 9.69 Å². The quantitative estimate of drug-likeness (QED) is 0.489. The lowest BCUT2D eigenvalue weighted by Gasteiger charge is -2.26. The predicted octanol–water partition coefficient (Wildman–Crippen LogP) is 3.22. The zero-order chi connectivity index (χ0) is 19.8. The van der Waals surface area contributed by atoms with Gasteiger partial charge in [-0.2, -0.15) is 0 Å². The van der Waals surface area contributed by atoms with Gasteiger partial charge in [-0.1, -0.05) is 28.1 Å². The highest BCUT2D eigenvalue weighted by atomic mass is 79.9.